The van der Waals surface area contributed by atoms with Crippen molar-refractivity contribution in [3.8, 4) is 17.0 Å². The van der Waals surface area contributed by atoms with Crippen LogP contribution < -0.4 is 15.4 Å². The molecule has 2 atom stereocenters. The summed E-state index contributed by atoms with van der Waals surface area (Å²) >= 11 is 0. The molecule has 166 valence electrons. The highest BCUT2D eigenvalue weighted by Gasteiger charge is 2.39. The normalized spacial score (nSPS) is 16.9. The van der Waals surface area contributed by atoms with Crippen LogP contribution in [0.4, 0.5) is 0 Å². The monoisotopic (exact) mass is 441 g/mol. The van der Waals surface area contributed by atoms with Gasteiger partial charge in [-0.25, -0.2) is 4.98 Å². The maximum Gasteiger partial charge on any atom is 0.272 e. The molecule has 8 nitrogen and oxygen atoms in total. The third kappa shape index (κ3) is 3.91. The number of fused-ring (bicyclic) bond motifs is 1. The highest BCUT2D eigenvalue weighted by atomic mass is 16.5. The number of H-pyrrole nitrogens is 1. The van der Waals surface area contributed by atoms with E-state index in [0.717, 1.165) is 28.5 Å². The van der Waals surface area contributed by atoms with Crippen LogP contribution in [0.5, 0.6) is 5.88 Å². The van der Waals surface area contributed by atoms with E-state index >= 15 is 0 Å². The number of nitrogens with zero attached hydrogens (tertiary/aromatic N) is 2. The van der Waals surface area contributed by atoms with E-state index in [1.807, 2.05) is 36.4 Å². The number of hydrogen-bond donors (Lipinski definition) is 3. The molecule has 0 saturated heterocycles. The first-order valence-corrected chi connectivity index (χ1v) is 10.7. The van der Waals surface area contributed by atoms with Gasteiger partial charge in [0.25, 0.3) is 11.8 Å². The Kier molecular flexibility index (Phi) is 5.26. The fraction of sp³-hybridized carbons (Fsp3) is 0.200. The van der Waals surface area contributed by atoms with Crippen LogP contribution in [0.3, 0.4) is 0 Å². The summed E-state index contributed by atoms with van der Waals surface area (Å²) in [4.78, 5) is 29.4. The second-order valence-corrected chi connectivity index (χ2v) is 8.03. The van der Waals surface area contributed by atoms with Crippen molar-refractivity contribution < 1.29 is 14.3 Å². The number of methoxy groups -OCH3 is 1. The molecule has 1 aliphatic rings. The molecule has 33 heavy (non-hydrogen) atoms. The number of aromatic amines is 1. The van der Waals surface area contributed by atoms with Crippen LogP contribution in [-0.4, -0.2) is 47.2 Å². The molecule has 1 saturated carbocycles. The lowest BCUT2D eigenvalue weighted by molar-refractivity contribution is 0.0942. The minimum absolute atomic E-state index is 0.0951. The molecule has 2 aromatic heterocycles. The maximum absolute atomic E-state index is 13.1. The number of carbonyl (C=O) groups is 2. The lowest BCUT2D eigenvalue weighted by Gasteiger charge is -2.11. The summed E-state index contributed by atoms with van der Waals surface area (Å²) < 4.78 is 5.35. The first-order chi connectivity index (χ1) is 16.1. The van der Waals surface area contributed by atoms with Gasteiger partial charge in [-0.3, -0.25) is 14.7 Å². The standard InChI is InChI=1S/C25H23N5O3/c1-26-24(32)22-17-9-8-15(11-21(17)29-30-22)16-10-19(25(33-2)27-13-16)23(31)28-20-12-18(20)14-6-4-3-5-7-14/h3-11,13,18,20H,12H2,1-2H3,(H,26,32)(H,28,31)(H,29,30)/t18-,20+/m1/s1. The third-order valence-electron chi connectivity index (χ3n) is 5.96. The molecule has 0 unspecified atom stereocenters. The molecule has 2 aromatic carbocycles. The first-order valence-electron chi connectivity index (χ1n) is 10.7. The van der Waals surface area contributed by atoms with Crippen molar-refractivity contribution in [1.29, 1.82) is 0 Å². The molecule has 1 aliphatic carbocycles. The first kappa shape index (κ1) is 20.7. The smallest absolute Gasteiger partial charge is 0.272 e. The average Bonchev–Trinajstić information content (AvgIpc) is 3.50. The van der Waals surface area contributed by atoms with Gasteiger partial charge in [-0.15, -0.1) is 0 Å². The van der Waals surface area contributed by atoms with E-state index in [0.29, 0.717) is 17.2 Å². The molecule has 3 N–H and O–H groups in total. The molecule has 0 spiro atoms. The highest BCUT2D eigenvalue weighted by molar-refractivity contribution is 6.05. The number of carbonyl (C=O) groups excluding carboxylic acids is 2. The van der Waals surface area contributed by atoms with Gasteiger partial charge in [0.05, 0.1) is 12.6 Å². The van der Waals surface area contributed by atoms with Gasteiger partial charge in [-0.1, -0.05) is 36.4 Å². The summed E-state index contributed by atoms with van der Waals surface area (Å²) in [6, 6.07) is 17.6. The lowest BCUT2D eigenvalue weighted by Crippen LogP contribution is -2.27. The molecule has 0 radical (unpaired) electrons. The fourth-order valence-electron chi connectivity index (χ4n) is 4.10. The number of hydrogen-bond acceptors (Lipinski definition) is 5. The average molecular weight is 441 g/mol. The van der Waals surface area contributed by atoms with Crippen molar-refractivity contribution in [3.63, 3.8) is 0 Å². The highest BCUT2D eigenvalue weighted by Crippen LogP contribution is 2.41. The largest absolute Gasteiger partial charge is 0.480 e. The minimum atomic E-state index is -0.257. The van der Waals surface area contributed by atoms with Crippen molar-refractivity contribution in [3.05, 3.63) is 77.6 Å². The van der Waals surface area contributed by atoms with Gasteiger partial charge in [-0.05, 0) is 35.7 Å². The second-order valence-electron chi connectivity index (χ2n) is 8.03. The molecule has 5 rings (SSSR count). The molecule has 8 heteroatoms. The molecule has 0 aliphatic heterocycles. The van der Waals surface area contributed by atoms with Gasteiger partial charge < -0.3 is 15.4 Å². The van der Waals surface area contributed by atoms with Crippen LogP contribution >= 0.6 is 0 Å². The van der Waals surface area contributed by atoms with Crippen molar-refractivity contribution in [2.45, 2.75) is 18.4 Å². The van der Waals surface area contributed by atoms with Crippen LogP contribution in [0.2, 0.25) is 0 Å². The van der Waals surface area contributed by atoms with Crippen molar-refractivity contribution in [2.75, 3.05) is 14.2 Å². The topological polar surface area (TPSA) is 109 Å². The second kappa shape index (κ2) is 8.38. The summed E-state index contributed by atoms with van der Waals surface area (Å²) in [6.45, 7) is 0. The van der Waals surface area contributed by atoms with Crippen LogP contribution in [-0.2, 0) is 0 Å². The Morgan fingerprint density at radius 3 is 2.64 bits per heavy atom. The Hall–Kier alpha value is -4.20. The Balaban J connectivity index is 1.40. The Bertz CT molecular complexity index is 1350. The van der Waals surface area contributed by atoms with Gasteiger partial charge >= 0.3 is 0 Å². The molecular weight excluding hydrogens is 418 g/mol. The Morgan fingerprint density at radius 1 is 1.06 bits per heavy atom. The third-order valence-corrected chi connectivity index (χ3v) is 5.96. The Morgan fingerprint density at radius 2 is 1.88 bits per heavy atom. The summed E-state index contributed by atoms with van der Waals surface area (Å²) in [5.41, 5.74) is 4.26. The van der Waals surface area contributed by atoms with E-state index in [2.05, 4.69) is 37.9 Å². The SMILES string of the molecule is CNC(=O)c1n[nH]c2cc(-c3cnc(OC)c(C(=O)N[C@H]4C[C@@H]4c4ccccc4)c3)ccc12. The number of aromatic nitrogens is 3. The number of pyridine rings is 1. The number of ether oxygens (including phenoxy) is 1. The summed E-state index contributed by atoms with van der Waals surface area (Å²) in [5.74, 6) is 0.134. The van der Waals surface area contributed by atoms with E-state index in [1.54, 1.807) is 19.3 Å². The lowest BCUT2D eigenvalue weighted by atomic mass is 10.0. The van der Waals surface area contributed by atoms with Gasteiger partial charge in [0, 0.05) is 36.2 Å². The predicted molar refractivity (Wildman–Crippen MR) is 124 cm³/mol. The zero-order valence-electron chi connectivity index (χ0n) is 18.3. The van der Waals surface area contributed by atoms with Crippen molar-refractivity contribution in [1.82, 2.24) is 25.8 Å². The maximum atomic E-state index is 13.1. The molecule has 2 amide bonds. The fourth-order valence-corrected chi connectivity index (χ4v) is 4.10. The van der Waals surface area contributed by atoms with Crippen molar-refractivity contribution in [2.24, 2.45) is 0 Å². The molecule has 4 aromatic rings. The zero-order chi connectivity index (χ0) is 22.9. The van der Waals surface area contributed by atoms with E-state index in [4.69, 9.17) is 4.74 Å². The van der Waals surface area contributed by atoms with Gasteiger partial charge in [0.2, 0.25) is 5.88 Å². The molecule has 1 fully saturated rings. The molecule has 2 heterocycles. The zero-order valence-corrected chi connectivity index (χ0v) is 18.3. The quantitative estimate of drug-likeness (QED) is 0.426. The van der Waals surface area contributed by atoms with Crippen LogP contribution in [0.1, 0.15) is 38.7 Å². The molecule has 0 bridgehead atoms. The van der Waals surface area contributed by atoms with Crippen LogP contribution in [0.25, 0.3) is 22.0 Å². The van der Waals surface area contributed by atoms with E-state index in [-0.39, 0.29) is 23.7 Å². The van der Waals surface area contributed by atoms with Gasteiger partial charge in [0.15, 0.2) is 5.69 Å². The Labute approximate surface area is 190 Å². The van der Waals surface area contributed by atoms with Crippen LogP contribution in [0, 0.1) is 0 Å². The van der Waals surface area contributed by atoms with E-state index in [1.165, 1.54) is 12.7 Å². The van der Waals surface area contributed by atoms with E-state index < -0.39 is 0 Å². The van der Waals surface area contributed by atoms with Crippen LogP contribution in [0.15, 0.2) is 60.8 Å². The number of rotatable bonds is 6. The summed E-state index contributed by atoms with van der Waals surface area (Å²) in [6.07, 6.45) is 2.58. The number of amides is 2. The number of benzene rings is 2. The summed E-state index contributed by atoms with van der Waals surface area (Å²) in [7, 11) is 3.07. The van der Waals surface area contributed by atoms with Crippen molar-refractivity contribution >= 4 is 22.7 Å². The molecular formula is C25H23N5O3. The van der Waals surface area contributed by atoms with E-state index in [9.17, 15) is 9.59 Å². The van der Waals surface area contributed by atoms with Gasteiger partial charge in [-0.2, -0.15) is 5.10 Å². The minimum Gasteiger partial charge on any atom is -0.480 e. The predicted octanol–water partition coefficient (Wildman–Crippen LogP) is 3.28. The van der Waals surface area contributed by atoms with Gasteiger partial charge in [0.1, 0.15) is 5.56 Å². The number of nitrogens with one attached hydrogen (secondary N) is 3. The summed E-state index contributed by atoms with van der Waals surface area (Å²) in [5, 5.41) is 13.4.